The van der Waals surface area contributed by atoms with Crippen LogP contribution in [0.25, 0.3) is 0 Å². The number of methoxy groups -OCH3 is 1. The SMILES string of the molecule is CCCS(=O)(=O)CCOc1cc(CN)cc(OC)c1. The van der Waals surface area contributed by atoms with E-state index in [0.717, 1.165) is 5.56 Å². The first-order valence-corrected chi connectivity index (χ1v) is 8.04. The predicted octanol–water partition coefficient (Wildman–Crippen LogP) is 1.36. The Morgan fingerprint density at radius 3 is 2.42 bits per heavy atom. The number of hydrogen-bond acceptors (Lipinski definition) is 5. The van der Waals surface area contributed by atoms with E-state index >= 15 is 0 Å². The number of sulfone groups is 1. The van der Waals surface area contributed by atoms with Crippen molar-refractivity contribution in [1.82, 2.24) is 0 Å². The molecule has 0 saturated carbocycles. The molecule has 0 heterocycles. The molecule has 0 aliphatic heterocycles. The summed E-state index contributed by atoms with van der Waals surface area (Å²) >= 11 is 0. The third-order valence-electron chi connectivity index (χ3n) is 2.59. The lowest BCUT2D eigenvalue weighted by atomic mass is 10.2. The molecule has 0 fully saturated rings. The van der Waals surface area contributed by atoms with Crippen LogP contribution in [0.3, 0.4) is 0 Å². The average molecular weight is 287 g/mol. The van der Waals surface area contributed by atoms with E-state index in [-0.39, 0.29) is 18.1 Å². The molecule has 0 aliphatic rings. The van der Waals surface area contributed by atoms with Crippen molar-refractivity contribution < 1.29 is 17.9 Å². The molecular formula is C13H21NO4S. The van der Waals surface area contributed by atoms with Gasteiger partial charge in [0.2, 0.25) is 0 Å². The molecule has 0 saturated heterocycles. The van der Waals surface area contributed by atoms with E-state index in [9.17, 15) is 8.42 Å². The van der Waals surface area contributed by atoms with Gasteiger partial charge in [-0.05, 0) is 24.1 Å². The maximum Gasteiger partial charge on any atom is 0.153 e. The van der Waals surface area contributed by atoms with Crippen LogP contribution in [-0.2, 0) is 16.4 Å². The van der Waals surface area contributed by atoms with Gasteiger partial charge in [0, 0.05) is 12.6 Å². The summed E-state index contributed by atoms with van der Waals surface area (Å²) in [6.45, 7) is 2.36. The smallest absolute Gasteiger partial charge is 0.153 e. The van der Waals surface area contributed by atoms with Crippen molar-refractivity contribution in [2.45, 2.75) is 19.9 Å². The summed E-state index contributed by atoms with van der Waals surface area (Å²) in [5.41, 5.74) is 6.45. The van der Waals surface area contributed by atoms with Crippen molar-refractivity contribution in [2.75, 3.05) is 25.2 Å². The fourth-order valence-corrected chi connectivity index (χ4v) is 2.81. The predicted molar refractivity (Wildman–Crippen MR) is 75.3 cm³/mol. The van der Waals surface area contributed by atoms with Crippen LogP contribution in [0, 0.1) is 0 Å². The topological polar surface area (TPSA) is 78.6 Å². The van der Waals surface area contributed by atoms with Crippen molar-refractivity contribution in [3.63, 3.8) is 0 Å². The molecule has 1 aromatic carbocycles. The van der Waals surface area contributed by atoms with Gasteiger partial charge >= 0.3 is 0 Å². The molecule has 0 atom stereocenters. The first-order valence-electron chi connectivity index (χ1n) is 6.22. The zero-order valence-corrected chi connectivity index (χ0v) is 12.2. The summed E-state index contributed by atoms with van der Waals surface area (Å²) < 4.78 is 33.7. The third kappa shape index (κ3) is 5.48. The Bertz CT molecular complexity index is 477. The lowest BCUT2D eigenvalue weighted by molar-refractivity contribution is 0.336. The Labute approximate surface area is 114 Å². The van der Waals surface area contributed by atoms with Gasteiger partial charge in [0.05, 0.1) is 18.6 Å². The number of hydrogen-bond donors (Lipinski definition) is 1. The summed E-state index contributed by atoms with van der Waals surface area (Å²) in [6, 6.07) is 5.32. The van der Waals surface area contributed by atoms with Crippen LogP contribution >= 0.6 is 0 Å². The second-order valence-electron chi connectivity index (χ2n) is 4.22. The molecule has 0 radical (unpaired) electrons. The zero-order valence-electron chi connectivity index (χ0n) is 11.4. The number of nitrogens with two attached hydrogens (primary N) is 1. The van der Waals surface area contributed by atoms with Crippen molar-refractivity contribution in [3.8, 4) is 11.5 Å². The fraction of sp³-hybridized carbons (Fsp3) is 0.538. The second kappa shape index (κ2) is 7.35. The molecule has 0 amide bonds. The van der Waals surface area contributed by atoms with E-state index in [1.165, 1.54) is 0 Å². The molecular weight excluding hydrogens is 266 g/mol. The lowest BCUT2D eigenvalue weighted by Gasteiger charge is -2.10. The monoisotopic (exact) mass is 287 g/mol. The molecule has 1 rings (SSSR count). The van der Waals surface area contributed by atoms with Gasteiger partial charge in [0.15, 0.2) is 9.84 Å². The minimum absolute atomic E-state index is 0.0238. The third-order valence-corrected chi connectivity index (χ3v) is 4.41. The van der Waals surface area contributed by atoms with Crippen molar-refractivity contribution in [2.24, 2.45) is 5.73 Å². The Kier molecular flexibility index (Phi) is 6.11. The fourth-order valence-electron chi connectivity index (χ4n) is 1.65. The largest absolute Gasteiger partial charge is 0.497 e. The maximum atomic E-state index is 11.5. The van der Waals surface area contributed by atoms with E-state index in [1.807, 2.05) is 13.0 Å². The molecule has 0 spiro atoms. The van der Waals surface area contributed by atoms with Gasteiger partial charge in [-0.3, -0.25) is 0 Å². The lowest BCUT2D eigenvalue weighted by Crippen LogP contribution is -2.16. The highest BCUT2D eigenvalue weighted by atomic mass is 32.2. The molecule has 0 aromatic heterocycles. The van der Waals surface area contributed by atoms with Crippen LogP contribution < -0.4 is 15.2 Å². The van der Waals surface area contributed by atoms with Gasteiger partial charge in [-0.25, -0.2) is 8.42 Å². The normalized spacial score (nSPS) is 11.3. The van der Waals surface area contributed by atoms with Crippen LogP contribution in [0.5, 0.6) is 11.5 Å². The summed E-state index contributed by atoms with van der Waals surface area (Å²) in [5.74, 6) is 1.44. The molecule has 5 nitrogen and oxygen atoms in total. The zero-order chi connectivity index (χ0) is 14.3. The first-order chi connectivity index (χ1) is 9.00. The van der Waals surface area contributed by atoms with Gasteiger partial charge in [-0.1, -0.05) is 6.92 Å². The number of rotatable bonds is 8. The van der Waals surface area contributed by atoms with Gasteiger partial charge in [-0.15, -0.1) is 0 Å². The van der Waals surface area contributed by atoms with E-state index in [0.29, 0.717) is 24.5 Å². The minimum atomic E-state index is -3.01. The Morgan fingerprint density at radius 1 is 1.16 bits per heavy atom. The van der Waals surface area contributed by atoms with Gasteiger partial charge in [0.1, 0.15) is 18.1 Å². The number of benzene rings is 1. The van der Waals surface area contributed by atoms with Crippen LogP contribution in [0.2, 0.25) is 0 Å². The standard InChI is InChI=1S/C13H21NO4S/c1-3-5-19(15,16)6-4-18-13-8-11(10-14)7-12(9-13)17-2/h7-9H,3-6,10,14H2,1-2H3. The summed E-state index contributed by atoms with van der Waals surface area (Å²) in [7, 11) is -1.45. The first kappa shape index (κ1) is 15.8. The highest BCUT2D eigenvalue weighted by molar-refractivity contribution is 7.91. The van der Waals surface area contributed by atoms with Crippen LogP contribution in [-0.4, -0.2) is 33.6 Å². The average Bonchev–Trinajstić information content (AvgIpc) is 2.37. The molecule has 0 unspecified atom stereocenters. The van der Waals surface area contributed by atoms with E-state index in [1.54, 1.807) is 19.2 Å². The van der Waals surface area contributed by atoms with Crippen molar-refractivity contribution in [3.05, 3.63) is 23.8 Å². The van der Waals surface area contributed by atoms with Crippen molar-refractivity contribution in [1.29, 1.82) is 0 Å². The second-order valence-corrected chi connectivity index (χ2v) is 6.52. The van der Waals surface area contributed by atoms with Crippen LogP contribution in [0.4, 0.5) is 0 Å². The van der Waals surface area contributed by atoms with Gasteiger partial charge in [-0.2, -0.15) is 0 Å². The Balaban J connectivity index is 2.62. The van der Waals surface area contributed by atoms with E-state index in [2.05, 4.69) is 0 Å². The van der Waals surface area contributed by atoms with Gasteiger partial charge < -0.3 is 15.2 Å². The highest BCUT2D eigenvalue weighted by Crippen LogP contribution is 2.22. The molecule has 19 heavy (non-hydrogen) atoms. The van der Waals surface area contributed by atoms with E-state index in [4.69, 9.17) is 15.2 Å². The Hall–Kier alpha value is -1.27. The molecule has 108 valence electrons. The molecule has 0 aliphatic carbocycles. The highest BCUT2D eigenvalue weighted by Gasteiger charge is 2.10. The van der Waals surface area contributed by atoms with E-state index < -0.39 is 9.84 Å². The summed E-state index contributed by atoms with van der Waals surface area (Å²) in [4.78, 5) is 0. The van der Waals surface area contributed by atoms with Crippen molar-refractivity contribution >= 4 is 9.84 Å². The van der Waals surface area contributed by atoms with Crippen LogP contribution in [0.15, 0.2) is 18.2 Å². The minimum Gasteiger partial charge on any atom is -0.497 e. The Morgan fingerprint density at radius 2 is 1.84 bits per heavy atom. The maximum absolute atomic E-state index is 11.5. The molecule has 2 N–H and O–H groups in total. The number of ether oxygens (including phenoxy) is 2. The summed E-state index contributed by atoms with van der Waals surface area (Å²) in [6.07, 6.45) is 0.624. The van der Waals surface area contributed by atoms with Gasteiger partial charge in [0.25, 0.3) is 0 Å². The molecule has 0 bridgehead atoms. The summed E-state index contributed by atoms with van der Waals surface area (Å²) in [5, 5.41) is 0. The molecule has 1 aromatic rings. The quantitative estimate of drug-likeness (QED) is 0.781. The molecule has 6 heteroatoms. The van der Waals surface area contributed by atoms with Crippen LogP contribution in [0.1, 0.15) is 18.9 Å².